The molecule has 0 aliphatic rings. The lowest BCUT2D eigenvalue weighted by Crippen LogP contribution is -2.30. The highest BCUT2D eigenvalue weighted by molar-refractivity contribution is 6.42. The van der Waals surface area contributed by atoms with Crippen LogP contribution in [-0.2, 0) is 9.53 Å². The third-order valence-electron chi connectivity index (χ3n) is 3.24. The van der Waals surface area contributed by atoms with E-state index in [1.807, 2.05) is 0 Å². The van der Waals surface area contributed by atoms with Gasteiger partial charge in [0, 0.05) is 5.02 Å². The molecule has 0 saturated carbocycles. The number of para-hydroxylation sites is 1. The summed E-state index contributed by atoms with van der Waals surface area (Å²) in [5, 5.41) is 3.21. The molecule has 0 spiro atoms. The van der Waals surface area contributed by atoms with E-state index in [0.29, 0.717) is 10.8 Å². The van der Waals surface area contributed by atoms with Gasteiger partial charge in [-0.25, -0.2) is 4.79 Å². The van der Waals surface area contributed by atoms with Gasteiger partial charge in [-0.05, 0) is 31.2 Å². The number of esters is 1. The van der Waals surface area contributed by atoms with Crippen molar-refractivity contribution in [1.29, 1.82) is 0 Å². The van der Waals surface area contributed by atoms with Gasteiger partial charge in [-0.3, -0.25) is 4.79 Å². The lowest BCUT2D eigenvalue weighted by molar-refractivity contribution is -0.123. The molecule has 0 heterocycles. The summed E-state index contributed by atoms with van der Waals surface area (Å²) < 4.78 is 10.3. The highest BCUT2D eigenvalue weighted by atomic mass is 35.5. The zero-order chi connectivity index (χ0) is 18.6. The first-order chi connectivity index (χ1) is 11.8. The van der Waals surface area contributed by atoms with Gasteiger partial charge < -0.3 is 14.8 Å². The molecule has 25 heavy (non-hydrogen) atoms. The average Bonchev–Trinajstić information content (AvgIpc) is 2.57. The number of amides is 1. The Balaban J connectivity index is 2.09. The molecule has 1 N–H and O–H groups in total. The molecular formula is C17H14Cl3NO4. The van der Waals surface area contributed by atoms with Crippen LogP contribution in [0.15, 0.2) is 36.4 Å². The summed E-state index contributed by atoms with van der Waals surface area (Å²) in [6.07, 6.45) is -1.08. The molecule has 8 heteroatoms. The topological polar surface area (TPSA) is 64.6 Å². The smallest absolute Gasteiger partial charge is 0.342 e. The van der Waals surface area contributed by atoms with E-state index in [4.69, 9.17) is 44.3 Å². The standard InChI is InChI=1S/C17H14Cl3NO4/c1-9(25-17(23)11-5-3-4-6-14(11)24-2)16(22)21-15-12(19)7-10(18)8-13(15)20/h3-9H,1-2H3,(H,21,22)/t9-/m1/s1. The fraction of sp³-hybridized carbons (Fsp3) is 0.176. The van der Waals surface area contributed by atoms with Crippen LogP contribution in [0.5, 0.6) is 5.75 Å². The number of methoxy groups -OCH3 is 1. The number of nitrogens with one attached hydrogen (secondary N) is 1. The first-order valence-corrected chi connectivity index (χ1v) is 8.26. The Morgan fingerprint density at radius 1 is 1.08 bits per heavy atom. The molecule has 0 fully saturated rings. The van der Waals surface area contributed by atoms with Crippen LogP contribution in [0.2, 0.25) is 15.1 Å². The Hall–Kier alpha value is -1.95. The molecule has 0 aliphatic heterocycles. The summed E-state index contributed by atoms with van der Waals surface area (Å²) in [5.74, 6) is -0.924. The normalized spacial score (nSPS) is 11.6. The van der Waals surface area contributed by atoms with Crippen molar-refractivity contribution in [2.45, 2.75) is 13.0 Å². The Bertz CT molecular complexity index is 787. The number of hydrogen-bond donors (Lipinski definition) is 1. The van der Waals surface area contributed by atoms with Crippen LogP contribution in [0, 0.1) is 0 Å². The maximum absolute atomic E-state index is 12.3. The van der Waals surface area contributed by atoms with E-state index in [1.165, 1.54) is 26.2 Å². The summed E-state index contributed by atoms with van der Waals surface area (Å²) in [4.78, 5) is 24.5. The van der Waals surface area contributed by atoms with Crippen LogP contribution in [0.1, 0.15) is 17.3 Å². The fourth-order valence-electron chi connectivity index (χ4n) is 1.98. The van der Waals surface area contributed by atoms with Crippen molar-refractivity contribution in [1.82, 2.24) is 0 Å². The number of carbonyl (C=O) groups excluding carboxylic acids is 2. The summed E-state index contributed by atoms with van der Waals surface area (Å²) in [6, 6.07) is 9.42. The molecule has 2 aromatic carbocycles. The van der Waals surface area contributed by atoms with E-state index in [9.17, 15) is 9.59 Å². The summed E-state index contributed by atoms with van der Waals surface area (Å²) in [5.41, 5.74) is 0.408. The van der Waals surface area contributed by atoms with Crippen molar-refractivity contribution < 1.29 is 19.1 Å². The molecule has 1 amide bonds. The summed E-state index contributed by atoms with van der Waals surface area (Å²) >= 11 is 17.9. The van der Waals surface area contributed by atoms with Gasteiger partial charge in [0.1, 0.15) is 11.3 Å². The van der Waals surface area contributed by atoms with E-state index in [-0.39, 0.29) is 21.3 Å². The minimum absolute atomic E-state index is 0.175. The fourth-order valence-corrected chi connectivity index (χ4v) is 2.89. The van der Waals surface area contributed by atoms with Crippen molar-refractivity contribution in [3.8, 4) is 5.75 Å². The number of ether oxygens (including phenoxy) is 2. The van der Waals surface area contributed by atoms with Gasteiger partial charge in [0.25, 0.3) is 5.91 Å². The molecule has 0 unspecified atom stereocenters. The van der Waals surface area contributed by atoms with E-state index in [2.05, 4.69) is 5.32 Å². The van der Waals surface area contributed by atoms with Crippen molar-refractivity contribution in [3.05, 3.63) is 57.0 Å². The lowest BCUT2D eigenvalue weighted by Gasteiger charge is -2.16. The predicted molar refractivity (Wildman–Crippen MR) is 98.0 cm³/mol. The number of hydrogen-bond acceptors (Lipinski definition) is 4. The zero-order valence-corrected chi connectivity index (χ0v) is 15.6. The Morgan fingerprint density at radius 2 is 1.68 bits per heavy atom. The number of rotatable bonds is 5. The van der Waals surface area contributed by atoms with E-state index in [0.717, 1.165) is 0 Å². The largest absolute Gasteiger partial charge is 0.496 e. The lowest BCUT2D eigenvalue weighted by atomic mass is 10.2. The molecule has 132 valence electrons. The quantitative estimate of drug-likeness (QED) is 0.727. The third kappa shape index (κ3) is 4.78. The maximum atomic E-state index is 12.3. The van der Waals surface area contributed by atoms with Gasteiger partial charge in [0.05, 0.1) is 22.8 Å². The highest BCUT2D eigenvalue weighted by Gasteiger charge is 2.22. The molecule has 1 atom stereocenters. The predicted octanol–water partition coefficient (Wildman–Crippen LogP) is 4.84. The second kappa shape index (κ2) is 8.43. The van der Waals surface area contributed by atoms with E-state index in [1.54, 1.807) is 24.3 Å². The summed E-state index contributed by atoms with van der Waals surface area (Å²) in [6.45, 7) is 1.43. The molecule has 0 bridgehead atoms. The van der Waals surface area contributed by atoms with Gasteiger partial charge in [0.2, 0.25) is 0 Å². The van der Waals surface area contributed by atoms with Gasteiger partial charge in [-0.2, -0.15) is 0 Å². The van der Waals surface area contributed by atoms with E-state index >= 15 is 0 Å². The van der Waals surface area contributed by atoms with Crippen molar-refractivity contribution in [2.24, 2.45) is 0 Å². The Morgan fingerprint density at radius 3 is 2.28 bits per heavy atom. The minimum atomic E-state index is -1.08. The molecule has 2 aromatic rings. The average molecular weight is 403 g/mol. The first-order valence-electron chi connectivity index (χ1n) is 7.13. The summed E-state index contributed by atoms with van der Waals surface area (Å²) in [7, 11) is 1.44. The monoisotopic (exact) mass is 401 g/mol. The van der Waals surface area contributed by atoms with Crippen molar-refractivity contribution in [2.75, 3.05) is 12.4 Å². The maximum Gasteiger partial charge on any atom is 0.342 e. The minimum Gasteiger partial charge on any atom is -0.496 e. The van der Waals surface area contributed by atoms with Crippen LogP contribution in [0.25, 0.3) is 0 Å². The Kier molecular flexibility index (Phi) is 6.53. The van der Waals surface area contributed by atoms with E-state index < -0.39 is 18.0 Å². The van der Waals surface area contributed by atoms with Crippen molar-refractivity contribution in [3.63, 3.8) is 0 Å². The first kappa shape index (κ1) is 19.4. The van der Waals surface area contributed by atoms with Gasteiger partial charge >= 0.3 is 5.97 Å². The number of anilines is 1. The second-order valence-corrected chi connectivity index (χ2v) is 6.23. The van der Waals surface area contributed by atoms with Crippen LogP contribution in [-0.4, -0.2) is 25.1 Å². The second-order valence-electron chi connectivity index (χ2n) is 4.98. The molecule has 0 radical (unpaired) electrons. The molecule has 0 aliphatic carbocycles. The van der Waals surface area contributed by atoms with Crippen molar-refractivity contribution >= 4 is 52.4 Å². The SMILES string of the molecule is COc1ccccc1C(=O)O[C@H](C)C(=O)Nc1c(Cl)cc(Cl)cc1Cl. The van der Waals surface area contributed by atoms with Crippen LogP contribution in [0.4, 0.5) is 5.69 Å². The molecule has 5 nitrogen and oxygen atoms in total. The molecular weight excluding hydrogens is 389 g/mol. The van der Waals surface area contributed by atoms with Crippen LogP contribution in [0.3, 0.4) is 0 Å². The molecule has 2 rings (SSSR count). The van der Waals surface area contributed by atoms with Gasteiger partial charge in [-0.15, -0.1) is 0 Å². The van der Waals surface area contributed by atoms with Gasteiger partial charge in [0.15, 0.2) is 6.10 Å². The zero-order valence-electron chi connectivity index (χ0n) is 13.3. The van der Waals surface area contributed by atoms with Crippen LogP contribution < -0.4 is 10.1 Å². The third-order valence-corrected chi connectivity index (χ3v) is 4.05. The van der Waals surface area contributed by atoms with Crippen LogP contribution >= 0.6 is 34.8 Å². The number of halogens is 3. The highest BCUT2D eigenvalue weighted by Crippen LogP contribution is 2.33. The molecule has 0 saturated heterocycles. The Labute approximate surface area is 159 Å². The molecule has 0 aromatic heterocycles. The number of carbonyl (C=O) groups is 2. The number of benzene rings is 2. The van der Waals surface area contributed by atoms with Gasteiger partial charge in [-0.1, -0.05) is 46.9 Å².